The maximum Gasteiger partial charge on any atom is 0.349 e. The molecule has 4 heteroatoms. The van der Waals surface area contributed by atoms with Crippen LogP contribution in [0.1, 0.15) is 23.7 Å². The van der Waals surface area contributed by atoms with Crippen molar-refractivity contribution in [3.63, 3.8) is 0 Å². The van der Waals surface area contributed by atoms with E-state index in [1.54, 1.807) is 25.1 Å². The van der Waals surface area contributed by atoms with Crippen molar-refractivity contribution < 1.29 is 19.1 Å². The molecule has 0 unspecified atom stereocenters. The van der Waals surface area contributed by atoms with Crippen molar-refractivity contribution in [3.05, 3.63) is 48.0 Å². The number of ketones is 1. The van der Waals surface area contributed by atoms with Crippen LogP contribution < -0.4 is 0 Å². The molecule has 1 rings (SSSR count). The Morgan fingerprint density at radius 1 is 1.18 bits per heavy atom. The number of esters is 2. The molecule has 0 spiro atoms. The number of ether oxygens (including phenoxy) is 1. The number of Topliss-reactive ketones (excluding diaryl/α,β-unsaturated/α-hetero) is 1. The summed E-state index contributed by atoms with van der Waals surface area (Å²) in [5, 5.41) is 0. The number of hydrogen-bond donors (Lipinski definition) is 0. The van der Waals surface area contributed by atoms with Gasteiger partial charge in [-0.25, -0.2) is 9.59 Å². The van der Waals surface area contributed by atoms with Gasteiger partial charge >= 0.3 is 11.9 Å². The predicted octanol–water partition coefficient (Wildman–Crippen LogP) is 1.91. The van der Waals surface area contributed by atoms with E-state index < -0.39 is 17.7 Å². The van der Waals surface area contributed by atoms with Gasteiger partial charge in [0.1, 0.15) is 0 Å². The molecule has 0 heterocycles. The molecular formula is C13H12O4. The first-order valence-electron chi connectivity index (χ1n) is 5.10. The third-order valence-corrected chi connectivity index (χ3v) is 2.10. The molecule has 0 aromatic heterocycles. The molecule has 4 nitrogen and oxygen atoms in total. The summed E-state index contributed by atoms with van der Waals surface area (Å²) in [6, 6.07) is 8.05. The van der Waals surface area contributed by atoms with Crippen molar-refractivity contribution >= 4 is 17.7 Å². The molecule has 0 amide bonds. The Balaban J connectivity index is 2.67. The Morgan fingerprint density at radius 3 is 2.29 bits per heavy atom. The van der Waals surface area contributed by atoms with Gasteiger partial charge in [0.05, 0.1) is 11.1 Å². The van der Waals surface area contributed by atoms with E-state index in [2.05, 4.69) is 11.3 Å². The van der Waals surface area contributed by atoms with Crippen LogP contribution in [0.2, 0.25) is 0 Å². The lowest BCUT2D eigenvalue weighted by atomic mass is 10.1. The van der Waals surface area contributed by atoms with Crippen LogP contribution in [0.25, 0.3) is 0 Å². The third-order valence-electron chi connectivity index (χ3n) is 2.10. The van der Waals surface area contributed by atoms with Gasteiger partial charge < -0.3 is 4.74 Å². The van der Waals surface area contributed by atoms with Gasteiger partial charge in [0.15, 0.2) is 5.78 Å². The van der Waals surface area contributed by atoms with Gasteiger partial charge in [0.2, 0.25) is 0 Å². The molecule has 0 N–H and O–H groups in total. The van der Waals surface area contributed by atoms with Crippen LogP contribution in [0, 0.1) is 0 Å². The van der Waals surface area contributed by atoms with E-state index in [1.807, 2.05) is 0 Å². The monoisotopic (exact) mass is 232 g/mol. The molecule has 0 saturated carbocycles. The number of hydrogen-bond acceptors (Lipinski definition) is 4. The summed E-state index contributed by atoms with van der Waals surface area (Å²) in [5.41, 5.74) is -0.0608. The smallest absolute Gasteiger partial charge is 0.349 e. The summed E-state index contributed by atoms with van der Waals surface area (Å²) in [6.45, 7) is 4.89. The number of benzene rings is 1. The maximum absolute atomic E-state index is 11.5. The van der Waals surface area contributed by atoms with E-state index in [4.69, 9.17) is 0 Å². The van der Waals surface area contributed by atoms with Gasteiger partial charge in [0.25, 0.3) is 0 Å². The quantitative estimate of drug-likeness (QED) is 0.344. The van der Waals surface area contributed by atoms with Gasteiger partial charge in [-0.15, -0.1) is 0 Å². The fourth-order valence-corrected chi connectivity index (χ4v) is 1.11. The SMILES string of the molecule is C=C(C(=O)CC)C(=O)OC(=O)c1ccccc1. The molecule has 1 aromatic rings. The second-order valence-corrected chi connectivity index (χ2v) is 3.30. The van der Waals surface area contributed by atoms with Gasteiger partial charge in [-0.05, 0) is 12.1 Å². The first kappa shape index (κ1) is 12.8. The normalized spacial score (nSPS) is 9.47. The van der Waals surface area contributed by atoms with E-state index in [0.717, 1.165) is 0 Å². The van der Waals surface area contributed by atoms with E-state index >= 15 is 0 Å². The predicted molar refractivity (Wildman–Crippen MR) is 61.3 cm³/mol. The van der Waals surface area contributed by atoms with Gasteiger partial charge in [-0.2, -0.15) is 0 Å². The molecule has 17 heavy (non-hydrogen) atoms. The average molecular weight is 232 g/mol. The van der Waals surface area contributed by atoms with E-state index in [-0.39, 0.29) is 17.6 Å². The molecular weight excluding hydrogens is 220 g/mol. The summed E-state index contributed by atoms with van der Waals surface area (Å²) < 4.78 is 4.52. The molecule has 0 aliphatic rings. The van der Waals surface area contributed by atoms with Crippen LogP contribution in [0.3, 0.4) is 0 Å². The van der Waals surface area contributed by atoms with Crippen LogP contribution >= 0.6 is 0 Å². The Labute approximate surface area is 98.9 Å². The van der Waals surface area contributed by atoms with E-state index in [9.17, 15) is 14.4 Å². The van der Waals surface area contributed by atoms with Gasteiger partial charge in [0, 0.05) is 6.42 Å². The lowest BCUT2D eigenvalue weighted by molar-refractivity contribution is -0.135. The molecule has 88 valence electrons. The van der Waals surface area contributed by atoms with Crippen molar-refractivity contribution in [1.29, 1.82) is 0 Å². The van der Waals surface area contributed by atoms with Crippen molar-refractivity contribution in [3.8, 4) is 0 Å². The minimum absolute atomic E-state index is 0.146. The highest BCUT2D eigenvalue weighted by Gasteiger charge is 2.19. The highest BCUT2D eigenvalue weighted by Crippen LogP contribution is 2.05. The maximum atomic E-state index is 11.5. The van der Waals surface area contributed by atoms with Crippen LogP contribution in [0.5, 0.6) is 0 Å². The van der Waals surface area contributed by atoms with Crippen LogP contribution in [0.4, 0.5) is 0 Å². The third kappa shape index (κ3) is 3.38. The fourth-order valence-electron chi connectivity index (χ4n) is 1.11. The zero-order valence-corrected chi connectivity index (χ0v) is 9.43. The molecule has 0 aliphatic heterocycles. The first-order chi connectivity index (χ1) is 8.06. The molecule has 0 fully saturated rings. The molecule has 0 aliphatic carbocycles. The minimum atomic E-state index is -0.995. The summed E-state index contributed by atoms with van der Waals surface area (Å²) in [6.07, 6.45) is 0.146. The highest BCUT2D eigenvalue weighted by atomic mass is 16.6. The topological polar surface area (TPSA) is 60.4 Å². The lowest BCUT2D eigenvalue weighted by Crippen LogP contribution is -2.18. The fraction of sp³-hybridized carbons (Fsp3) is 0.154. The van der Waals surface area contributed by atoms with Gasteiger partial charge in [-0.3, -0.25) is 4.79 Å². The Bertz CT molecular complexity index is 460. The molecule has 0 radical (unpaired) electrons. The van der Waals surface area contributed by atoms with E-state index in [1.165, 1.54) is 12.1 Å². The summed E-state index contributed by atoms with van der Waals surface area (Å²) >= 11 is 0. The summed E-state index contributed by atoms with van der Waals surface area (Å²) in [5.74, 6) is -2.22. The zero-order chi connectivity index (χ0) is 12.8. The summed E-state index contributed by atoms with van der Waals surface area (Å²) in [4.78, 5) is 34.0. The van der Waals surface area contributed by atoms with E-state index in [0.29, 0.717) is 0 Å². The second kappa shape index (κ2) is 5.75. The lowest BCUT2D eigenvalue weighted by Gasteiger charge is -2.03. The zero-order valence-electron chi connectivity index (χ0n) is 9.43. The van der Waals surface area contributed by atoms with Crippen molar-refractivity contribution in [1.82, 2.24) is 0 Å². The van der Waals surface area contributed by atoms with Crippen LogP contribution in [0.15, 0.2) is 42.5 Å². The first-order valence-corrected chi connectivity index (χ1v) is 5.10. The van der Waals surface area contributed by atoms with Crippen molar-refractivity contribution in [2.24, 2.45) is 0 Å². The van der Waals surface area contributed by atoms with Crippen LogP contribution in [-0.4, -0.2) is 17.7 Å². The van der Waals surface area contributed by atoms with Crippen molar-refractivity contribution in [2.75, 3.05) is 0 Å². The second-order valence-electron chi connectivity index (χ2n) is 3.30. The minimum Gasteiger partial charge on any atom is -0.386 e. The Hall–Kier alpha value is -2.23. The number of rotatable bonds is 4. The largest absolute Gasteiger partial charge is 0.386 e. The molecule has 1 aromatic carbocycles. The van der Waals surface area contributed by atoms with Crippen molar-refractivity contribution in [2.45, 2.75) is 13.3 Å². The standard InChI is InChI=1S/C13H12O4/c1-3-11(14)9(2)12(15)17-13(16)10-7-5-4-6-8-10/h4-8H,2-3H2,1H3. The number of carbonyl (C=O) groups is 3. The Morgan fingerprint density at radius 2 is 1.76 bits per heavy atom. The number of carbonyl (C=O) groups excluding carboxylic acids is 3. The summed E-state index contributed by atoms with van der Waals surface area (Å²) in [7, 11) is 0. The molecule has 0 saturated heterocycles. The average Bonchev–Trinajstić information content (AvgIpc) is 2.37. The van der Waals surface area contributed by atoms with Gasteiger partial charge in [-0.1, -0.05) is 31.7 Å². The Kier molecular flexibility index (Phi) is 4.34. The molecule has 0 bridgehead atoms. The highest BCUT2D eigenvalue weighted by molar-refractivity contribution is 6.19. The molecule has 0 atom stereocenters. The van der Waals surface area contributed by atoms with Crippen LogP contribution in [-0.2, 0) is 14.3 Å².